The Morgan fingerprint density at radius 1 is 1.26 bits per heavy atom. The summed E-state index contributed by atoms with van der Waals surface area (Å²) in [6.07, 6.45) is 3.69. The van der Waals surface area contributed by atoms with E-state index in [2.05, 4.69) is 20.5 Å². The van der Waals surface area contributed by atoms with Gasteiger partial charge in [-0.1, -0.05) is 29.8 Å². The molecule has 0 aliphatic carbocycles. The van der Waals surface area contributed by atoms with Gasteiger partial charge in [-0.25, -0.2) is 4.98 Å². The molecule has 0 bridgehead atoms. The quantitative estimate of drug-likeness (QED) is 0.402. The fraction of sp³-hybridized carbons (Fsp3) is 0.400. The van der Waals surface area contributed by atoms with Crippen LogP contribution in [0.4, 0.5) is 0 Å². The maximum atomic E-state index is 12.8. The first-order chi connectivity index (χ1) is 16.4. The van der Waals surface area contributed by atoms with Crippen LogP contribution in [0.1, 0.15) is 53.0 Å². The first-order valence-electron chi connectivity index (χ1n) is 11.5. The molecule has 0 saturated carbocycles. The summed E-state index contributed by atoms with van der Waals surface area (Å²) in [4.78, 5) is 18.5. The Morgan fingerprint density at radius 2 is 2.06 bits per heavy atom. The molecule has 1 aromatic carbocycles. The molecule has 3 N–H and O–H groups in total. The topological polar surface area (TPSA) is 103 Å². The maximum absolute atomic E-state index is 12.8. The van der Waals surface area contributed by atoms with Gasteiger partial charge in [-0.3, -0.25) is 9.89 Å². The lowest BCUT2D eigenvalue weighted by Crippen LogP contribution is -2.35. The van der Waals surface area contributed by atoms with Crippen LogP contribution in [-0.2, 0) is 13.0 Å². The zero-order valence-electron chi connectivity index (χ0n) is 19.4. The molecule has 1 aliphatic heterocycles. The van der Waals surface area contributed by atoms with Gasteiger partial charge in [-0.05, 0) is 49.9 Å². The van der Waals surface area contributed by atoms with Gasteiger partial charge < -0.3 is 20.1 Å². The molecule has 180 valence electrons. The first-order valence-corrected chi connectivity index (χ1v) is 11.9. The van der Waals surface area contributed by atoms with Crippen molar-refractivity contribution in [2.24, 2.45) is 0 Å². The van der Waals surface area contributed by atoms with Crippen molar-refractivity contribution in [1.29, 1.82) is 0 Å². The number of amides is 1. The number of H-pyrrole nitrogens is 1. The molecule has 34 heavy (non-hydrogen) atoms. The van der Waals surface area contributed by atoms with E-state index in [4.69, 9.17) is 16.3 Å². The van der Waals surface area contributed by atoms with Gasteiger partial charge in [-0.2, -0.15) is 0 Å². The van der Waals surface area contributed by atoms with E-state index in [1.807, 2.05) is 37.3 Å². The van der Waals surface area contributed by atoms with Gasteiger partial charge in [0.15, 0.2) is 0 Å². The fourth-order valence-electron chi connectivity index (χ4n) is 4.31. The molecule has 3 atom stereocenters. The third-order valence-electron chi connectivity index (χ3n) is 6.09. The molecule has 3 heterocycles. The summed E-state index contributed by atoms with van der Waals surface area (Å²) in [5.41, 5.74) is 3.36. The number of hydrogen-bond acceptors (Lipinski definition) is 6. The smallest absolute Gasteiger partial charge is 0.253 e. The third-order valence-corrected chi connectivity index (χ3v) is 6.31. The van der Waals surface area contributed by atoms with E-state index in [0.717, 1.165) is 36.1 Å². The number of carbonyl (C=O) groups is 1. The summed E-state index contributed by atoms with van der Waals surface area (Å²) in [5, 5.41) is 21.6. The molecule has 1 unspecified atom stereocenters. The van der Waals surface area contributed by atoms with E-state index >= 15 is 0 Å². The van der Waals surface area contributed by atoms with Gasteiger partial charge in [0.25, 0.3) is 5.91 Å². The lowest BCUT2D eigenvalue weighted by molar-refractivity contribution is 0.0783. The second-order valence-corrected chi connectivity index (χ2v) is 9.02. The van der Waals surface area contributed by atoms with Crippen molar-refractivity contribution >= 4 is 17.5 Å². The summed E-state index contributed by atoms with van der Waals surface area (Å²) in [6, 6.07) is 13.3. The van der Waals surface area contributed by atoms with Gasteiger partial charge in [0.2, 0.25) is 5.88 Å². The number of nitrogens with one attached hydrogen (secondary N) is 2. The predicted molar refractivity (Wildman–Crippen MR) is 130 cm³/mol. The Bertz CT molecular complexity index is 1090. The molecule has 4 rings (SSSR count). The molecule has 3 aromatic rings. The van der Waals surface area contributed by atoms with Crippen molar-refractivity contribution < 1.29 is 14.6 Å². The SMILES string of the molecule is CCOc1cc(CN(C)C(=O)c2ccc(C[C@@H]3CC[C@H](C(O)c4ccc(Cl)nc4)N3)cc2)[nH]n1. The highest BCUT2D eigenvalue weighted by atomic mass is 35.5. The monoisotopic (exact) mass is 483 g/mol. The van der Waals surface area contributed by atoms with Crippen LogP contribution >= 0.6 is 11.6 Å². The highest BCUT2D eigenvalue weighted by molar-refractivity contribution is 6.29. The predicted octanol–water partition coefficient (Wildman–Crippen LogP) is 3.53. The number of aliphatic hydroxyl groups is 1. The van der Waals surface area contributed by atoms with Crippen LogP contribution in [0.15, 0.2) is 48.7 Å². The van der Waals surface area contributed by atoms with Crippen LogP contribution in [0.25, 0.3) is 0 Å². The van der Waals surface area contributed by atoms with Crippen molar-refractivity contribution in [3.63, 3.8) is 0 Å². The van der Waals surface area contributed by atoms with Crippen LogP contribution in [0.5, 0.6) is 5.88 Å². The van der Waals surface area contributed by atoms with Crippen LogP contribution < -0.4 is 10.1 Å². The minimum atomic E-state index is -0.621. The molecule has 8 nitrogen and oxygen atoms in total. The average Bonchev–Trinajstić information content (AvgIpc) is 3.49. The van der Waals surface area contributed by atoms with Gasteiger partial charge in [-0.15, -0.1) is 5.10 Å². The van der Waals surface area contributed by atoms with Crippen LogP contribution in [0.3, 0.4) is 0 Å². The van der Waals surface area contributed by atoms with Gasteiger partial charge in [0.05, 0.1) is 24.9 Å². The van der Waals surface area contributed by atoms with E-state index in [1.54, 1.807) is 30.3 Å². The van der Waals surface area contributed by atoms with Gasteiger partial charge >= 0.3 is 0 Å². The Balaban J connectivity index is 1.29. The molecule has 0 radical (unpaired) electrons. The minimum Gasteiger partial charge on any atom is -0.477 e. The molecular weight excluding hydrogens is 454 g/mol. The van der Waals surface area contributed by atoms with E-state index in [0.29, 0.717) is 29.7 Å². The number of aromatic amines is 1. The highest BCUT2D eigenvalue weighted by Gasteiger charge is 2.30. The molecular formula is C25H30ClN5O3. The zero-order chi connectivity index (χ0) is 24.1. The molecule has 9 heteroatoms. The number of aromatic nitrogens is 3. The van der Waals surface area contributed by atoms with E-state index in [-0.39, 0.29) is 18.0 Å². The highest BCUT2D eigenvalue weighted by Crippen LogP contribution is 2.27. The Kier molecular flexibility index (Phi) is 7.82. The zero-order valence-corrected chi connectivity index (χ0v) is 20.1. The number of ether oxygens (including phenoxy) is 1. The summed E-state index contributed by atoms with van der Waals surface area (Å²) in [6.45, 7) is 2.86. The molecule has 1 amide bonds. The number of halogens is 1. The number of aliphatic hydroxyl groups excluding tert-OH is 1. The second-order valence-electron chi connectivity index (χ2n) is 8.63. The minimum absolute atomic E-state index is 0.0202. The number of nitrogens with zero attached hydrogens (tertiary/aromatic N) is 3. The number of pyridine rings is 1. The largest absolute Gasteiger partial charge is 0.477 e. The van der Waals surface area contributed by atoms with Crippen molar-refractivity contribution in [2.75, 3.05) is 13.7 Å². The molecule has 0 spiro atoms. The standard InChI is InChI=1S/C25H30ClN5O3/c1-3-34-23-13-20(29-30-23)15-31(2)25(33)17-6-4-16(5-7-17)12-19-9-10-21(28-19)24(32)18-8-11-22(26)27-14-18/h4-8,11,13-14,19,21,24,28,32H,3,9-10,12,15H2,1-2H3,(H,29,30)/t19-,21+,24?/m0/s1. The van der Waals surface area contributed by atoms with E-state index < -0.39 is 6.10 Å². The molecule has 1 aliphatic rings. The fourth-order valence-corrected chi connectivity index (χ4v) is 4.43. The van der Waals surface area contributed by atoms with Crippen LogP contribution in [0, 0.1) is 0 Å². The summed E-state index contributed by atoms with van der Waals surface area (Å²) >= 11 is 5.84. The van der Waals surface area contributed by atoms with Crippen molar-refractivity contribution in [1.82, 2.24) is 25.4 Å². The lowest BCUT2D eigenvalue weighted by atomic mass is 10.0. The third kappa shape index (κ3) is 5.94. The summed E-state index contributed by atoms with van der Waals surface area (Å²) in [7, 11) is 1.77. The normalized spacial score (nSPS) is 18.6. The van der Waals surface area contributed by atoms with Crippen molar-refractivity contribution in [3.8, 4) is 5.88 Å². The average molecular weight is 484 g/mol. The summed E-state index contributed by atoms with van der Waals surface area (Å²) < 4.78 is 5.35. The molecule has 1 saturated heterocycles. The van der Waals surface area contributed by atoms with E-state index in [9.17, 15) is 9.90 Å². The number of benzene rings is 1. The number of carbonyl (C=O) groups excluding carboxylic acids is 1. The lowest BCUT2D eigenvalue weighted by Gasteiger charge is -2.20. The van der Waals surface area contributed by atoms with Gasteiger partial charge in [0, 0.05) is 42.5 Å². The van der Waals surface area contributed by atoms with Crippen molar-refractivity contribution in [2.45, 2.75) is 50.9 Å². The van der Waals surface area contributed by atoms with Crippen molar-refractivity contribution in [3.05, 3.63) is 76.2 Å². The maximum Gasteiger partial charge on any atom is 0.253 e. The van der Waals surface area contributed by atoms with E-state index in [1.165, 1.54) is 0 Å². The number of rotatable bonds is 9. The molecule has 2 aromatic heterocycles. The Hall–Kier alpha value is -2.94. The van der Waals surface area contributed by atoms with Crippen LogP contribution in [-0.4, -0.2) is 56.8 Å². The second kappa shape index (κ2) is 11.0. The van der Waals surface area contributed by atoms with Gasteiger partial charge in [0.1, 0.15) is 5.15 Å². The van der Waals surface area contributed by atoms with Crippen LogP contribution in [0.2, 0.25) is 5.15 Å². The Labute approximate surface area is 204 Å². The number of hydrogen-bond donors (Lipinski definition) is 3. The molecule has 1 fully saturated rings. The summed E-state index contributed by atoms with van der Waals surface area (Å²) in [5.74, 6) is 0.473. The Morgan fingerprint density at radius 3 is 2.76 bits per heavy atom. The first kappa shape index (κ1) is 24.2.